The van der Waals surface area contributed by atoms with Crippen molar-refractivity contribution in [1.82, 2.24) is 14.3 Å². The van der Waals surface area contributed by atoms with Crippen LogP contribution in [0.2, 0.25) is 5.02 Å². The number of allylic oxidation sites excluding steroid dienone is 3. The highest BCUT2D eigenvalue weighted by atomic mass is 35.5. The van der Waals surface area contributed by atoms with E-state index in [1.807, 2.05) is 6.92 Å². The summed E-state index contributed by atoms with van der Waals surface area (Å²) in [4.78, 5) is 15.1. The first-order valence-corrected chi connectivity index (χ1v) is 12.7. The van der Waals surface area contributed by atoms with Crippen molar-refractivity contribution in [1.29, 1.82) is 0 Å². The van der Waals surface area contributed by atoms with Crippen LogP contribution in [0.15, 0.2) is 41.2 Å². The molecule has 2 heterocycles. The lowest BCUT2D eigenvalue weighted by Gasteiger charge is -2.32. The number of hydrogen-bond acceptors (Lipinski definition) is 4. The van der Waals surface area contributed by atoms with E-state index >= 15 is 0 Å². The molecule has 0 radical (unpaired) electrons. The Bertz CT molecular complexity index is 1200. The highest BCUT2D eigenvalue weighted by molar-refractivity contribution is 6.31. The molecular formula is C26H31ClF5N3O3. The van der Waals surface area contributed by atoms with Crippen LogP contribution >= 0.6 is 11.6 Å². The zero-order valence-electron chi connectivity index (χ0n) is 21.2. The Morgan fingerprint density at radius 3 is 2.53 bits per heavy atom. The van der Waals surface area contributed by atoms with Crippen molar-refractivity contribution in [2.45, 2.75) is 45.5 Å². The standard InChI is InChI=1S/C26H31ClF5N3O3/c1-3-5-19(6-4-14-38-26(30,31)32)35-25(36)24(27)23(33(35)2)17-34-12-9-18(10-13-34)11-15-37-20-7-8-21(28)22(29)16-20/h4-8,16,18H,3,9-15,17H2,1-2H3/b6-4-,19-5+. The van der Waals surface area contributed by atoms with Crippen LogP contribution < -0.4 is 10.3 Å². The minimum absolute atomic E-state index is 0.0662. The highest BCUT2D eigenvalue weighted by Crippen LogP contribution is 2.25. The Morgan fingerprint density at radius 2 is 1.89 bits per heavy atom. The summed E-state index contributed by atoms with van der Waals surface area (Å²) in [7, 11) is 1.69. The Hall–Kier alpha value is -2.63. The lowest BCUT2D eigenvalue weighted by atomic mass is 9.94. The van der Waals surface area contributed by atoms with Crippen LogP contribution in [0.5, 0.6) is 5.75 Å². The fourth-order valence-corrected chi connectivity index (χ4v) is 4.64. The van der Waals surface area contributed by atoms with E-state index in [0.717, 1.165) is 44.5 Å². The van der Waals surface area contributed by atoms with E-state index in [0.29, 0.717) is 42.6 Å². The number of likely N-dealkylation sites (tertiary alicyclic amines) is 1. The lowest BCUT2D eigenvalue weighted by molar-refractivity contribution is -0.319. The van der Waals surface area contributed by atoms with Crippen LogP contribution in [-0.4, -0.2) is 46.9 Å². The summed E-state index contributed by atoms with van der Waals surface area (Å²) in [6.07, 6.45) is 2.72. The van der Waals surface area contributed by atoms with Crippen LogP contribution in [0.3, 0.4) is 0 Å². The monoisotopic (exact) mass is 563 g/mol. The molecule has 0 atom stereocenters. The summed E-state index contributed by atoms with van der Waals surface area (Å²) in [5.41, 5.74) is 0.562. The number of halogens is 6. The normalized spacial score (nSPS) is 16.1. The maximum atomic E-state index is 13.3. The van der Waals surface area contributed by atoms with Gasteiger partial charge in [-0.05, 0) is 62.9 Å². The number of nitrogens with zero attached hydrogens (tertiary/aromatic N) is 3. The van der Waals surface area contributed by atoms with E-state index in [1.165, 1.54) is 22.9 Å². The molecule has 12 heteroatoms. The minimum Gasteiger partial charge on any atom is -0.493 e. The molecule has 1 aliphatic heterocycles. The zero-order chi connectivity index (χ0) is 27.9. The van der Waals surface area contributed by atoms with Crippen molar-refractivity contribution in [2.75, 3.05) is 26.3 Å². The van der Waals surface area contributed by atoms with E-state index in [4.69, 9.17) is 16.3 Å². The summed E-state index contributed by atoms with van der Waals surface area (Å²) < 4.78 is 75.4. The molecule has 1 aromatic heterocycles. The second-order valence-electron chi connectivity index (χ2n) is 9.03. The first-order valence-electron chi connectivity index (χ1n) is 12.3. The summed E-state index contributed by atoms with van der Waals surface area (Å²) >= 11 is 6.41. The van der Waals surface area contributed by atoms with E-state index in [2.05, 4.69) is 9.64 Å². The number of alkyl halides is 3. The SMILES string of the molecule is CC/C=C(\C=C/COC(F)(F)F)n1c(=O)c(Cl)c(CN2CCC(CCOc3ccc(F)c(F)c3)CC2)n1C. The van der Waals surface area contributed by atoms with Crippen molar-refractivity contribution in [3.8, 4) is 5.75 Å². The largest absolute Gasteiger partial charge is 0.522 e. The molecule has 0 spiro atoms. The van der Waals surface area contributed by atoms with Gasteiger partial charge in [-0.25, -0.2) is 13.5 Å². The molecule has 1 aromatic carbocycles. The summed E-state index contributed by atoms with van der Waals surface area (Å²) in [6.45, 7) is 3.56. The Labute approximate surface area is 222 Å². The number of piperidine rings is 1. The fourth-order valence-electron chi connectivity index (χ4n) is 4.38. The molecule has 0 unspecified atom stereocenters. The van der Waals surface area contributed by atoms with Crippen molar-refractivity contribution in [3.05, 3.63) is 69.1 Å². The average molecular weight is 564 g/mol. The van der Waals surface area contributed by atoms with E-state index < -0.39 is 30.2 Å². The second-order valence-corrected chi connectivity index (χ2v) is 9.41. The molecule has 210 valence electrons. The maximum Gasteiger partial charge on any atom is 0.522 e. The van der Waals surface area contributed by atoms with Gasteiger partial charge in [-0.15, -0.1) is 13.2 Å². The molecule has 0 bridgehead atoms. The van der Waals surface area contributed by atoms with Gasteiger partial charge in [-0.1, -0.05) is 30.7 Å². The number of aromatic nitrogens is 2. The van der Waals surface area contributed by atoms with Crippen LogP contribution in [0, 0.1) is 17.6 Å². The number of rotatable bonds is 11. The highest BCUT2D eigenvalue weighted by Gasteiger charge is 2.28. The van der Waals surface area contributed by atoms with Crippen molar-refractivity contribution < 1.29 is 31.4 Å². The predicted molar refractivity (Wildman–Crippen MR) is 135 cm³/mol. The second kappa shape index (κ2) is 13.4. The molecule has 1 fully saturated rings. The van der Waals surface area contributed by atoms with Gasteiger partial charge in [0.05, 0.1) is 24.6 Å². The summed E-state index contributed by atoms with van der Waals surface area (Å²) in [5.74, 6) is -1.16. The third-order valence-corrected chi connectivity index (χ3v) is 6.76. The van der Waals surface area contributed by atoms with Gasteiger partial charge in [0.25, 0.3) is 5.56 Å². The smallest absolute Gasteiger partial charge is 0.493 e. The van der Waals surface area contributed by atoms with Crippen LogP contribution in [-0.2, 0) is 18.3 Å². The van der Waals surface area contributed by atoms with Gasteiger partial charge in [0.2, 0.25) is 0 Å². The van der Waals surface area contributed by atoms with Crippen LogP contribution in [0.1, 0.15) is 38.3 Å². The molecule has 0 amide bonds. The Morgan fingerprint density at radius 1 is 1.18 bits per heavy atom. The molecule has 38 heavy (non-hydrogen) atoms. The number of hydrogen-bond donors (Lipinski definition) is 0. The molecule has 0 N–H and O–H groups in total. The van der Waals surface area contributed by atoms with Crippen molar-refractivity contribution >= 4 is 17.3 Å². The molecule has 2 aromatic rings. The molecule has 3 rings (SSSR count). The summed E-state index contributed by atoms with van der Waals surface area (Å²) in [6, 6.07) is 3.47. The van der Waals surface area contributed by atoms with E-state index in [9.17, 15) is 26.7 Å². The molecule has 0 saturated carbocycles. The number of benzene rings is 1. The number of ether oxygens (including phenoxy) is 2. The molecule has 1 aliphatic rings. The van der Waals surface area contributed by atoms with Gasteiger partial charge < -0.3 is 4.74 Å². The minimum atomic E-state index is -4.74. The average Bonchev–Trinajstić information content (AvgIpc) is 3.07. The van der Waals surface area contributed by atoms with Gasteiger partial charge in [0.15, 0.2) is 11.6 Å². The lowest BCUT2D eigenvalue weighted by Crippen LogP contribution is -2.34. The zero-order valence-corrected chi connectivity index (χ0v) is 22.0. The van der Waals surface area contributed by atoms with Gasteiger partial charge in [-0.3, -0.25) is 19.1 Å². The third kappa shape index (κ3) is 8.18. The van der Waals surface area contributed by atoms with Crippen LogP contribution in [0.25, 0.3) is 5.70 Å². The van der Waals surface area contributed by atoms with E-state index in [1.54, 1.807) is 17.8 Å². The predicted octanol–water partition coefficient (Wildman–Crippen LogP) is 6.14. The van der Waals surface area contributed by atoms with E-state index in [-0.39, 0.29) is 5.02 Å². The fraction of sp³-hybridized carbons (Fsp3) is 0.500. The molecule has 1 saturated heterocycles. The molecular weight excluding hydrogens is 533 g/mol. The Balaban J connectivity index is 1.57. The molecule has 6 nitrogen and oxygen atoms in total. The summed E-state index contributed by atoms with van der Waals surface area (Å²) in [5, 5.41) is 0.0662. The third-order valence-electron chi connectivity index (χ3n) is 6.38. The molecule has 0 aliphatic carbocycles. The van der Waals surface area contributed by atoms with Crippen molar-refractivity contribution in [2.24, 2.45) is 13.0 Å². The first kappa shape index (κ1) is 29.9. The van der Waals surface area contributed by atoms with Gasteiger partial charge in [-0.2, -0.15) is 0 Å². The first-order chi connectivity index (χ1) is 18.0. The Kier molecular flexibility index (Phi) is 10.6. The topological polar surface area (TPSA) is 48.6 Å². The van der Waals surface area contributed by atoms with Gasteiger partial charge in [0, 0.05) is 19.7 Å². The van der Waals surface area contributed by atoms with Gasteiger partial charge >= 0.3 is 6.36 Å². The van der Waals surface area contributed by atoms with Crippen molar-refractivity contribution in [3.63, 3.8) is 0 Å². The van der Waals surface area contributed by atoms with Gasteiger partial charge in [0.1, 0.15) is 10.8 Å². The van der Waals surface area contributed by atoms with Crippen LogP contribution in [0.4, 0.5) is 22.0 Å². The maximum absolute atomic E-state index is 13.3. The quantitative estimate of drug-likeness (QED) is 0.243.